The van der Waals surface area contributed by atoms with E-state index in [2.05, 4.69) is 47.1 Å². The Morgan fingerprint density at radius 3 is 2.47 bits per heavy atom. The number of benzene rings is 3. The molecule has 162 valence electrons. The number of aromatic nitrogens is 2. The Bertz CT molecular complexity index is 1220. The van der Waals surface area contributed by atoms with Gasteiger partial charge in [0.05, 0.1) is 24.8 Å². The molecular weight excluding hydrogens is 396 g/mol. The molecular formula is C28H28N2O2. The lowest BCUT2D eigenvalue weighted by atomic mass is 10.2. The first-order chi connectivity index (χ1) is 15.8. The normalized spacial score (nSPS) is 11.6. The number of fused-ring (bicyclic) bond motifs is 1. The maximum Gasteiger partial charge on any atom is 0.161 e. The van der Waals surface area contributed by atoms with Crippen LogP contribution in [-0.4, -0.2) is 23.3 Å². The Hall–Kier alpha value is -3.79. The van der Waals surface area contributed by atoms with E-state index in [9.17, 15) is 0 Å². The summed E-state index contributed by atoms with van der Waals surface area (Å²) in [6.45, 7) is 3.40. The fourth-order valence-electron chi connectivity index (χ4n) is 3.70. The fourth-order valence-corrected chi connectivity index (χ4v) is 3.70. The van der Waals surface area contributed by atoms with E-state index < -0.39 is 0 Å². The van der Waals surface area contributed by atoms with Crippen molar-refractivity contribution in [1.82, 2.24) is 9.55 Å². The molecule has 0 saturated carbocycles. The summed E-state index contributed by atoms with van der Waals surface area (Å²) < 4.78 is 13.8. The highest BCUT2D eigenvalue weighted by molar-refractivity contribution is 5.79. The van der Waals surface area contributed by atoms with Crippen LogP contribution in [0, 0.1) is 0 Å². The van der Waals surface area contributed by atoms with E-state index in [0.717, 1.165) is 52.4 Å². The summed E-state index contributed by atoms with van der Waals surface area (Å²) >= 11 is 0. The molecule has 0 bridgehead atoms. The van der Waals surface area contributed by atoms with Crippen molar-refractivity contribution >= 4 is 29.3 Å². The Balaban J connectivity index is 1.47. The molecule has 0 unspecified atom stereocenters. The van der Waals surface area contributed by atoms with Crippen molar-refractivity contribution in [3.8, 4) is 11.5 Å². The molecule has 0 fully saturated rings. The van der Waals surface area contributed by atoms with E-state index in [1.54, 1.807) is 7.11 Å². The average molecular weight is 425 g/mol. The number of imidazole rings is 1. The zero-order valence-corrected chi connectivity index (χ0v) is 18.6. The first-order valence-corrected chi connectivity index (χ1v) is 10.9. The van der Waals surface area contributed by atoms with Crippen LogP contribution in [0.1, 0.15) is 30.3 Å². The number of hydrogen-bond donors (Lipinski definition) is 0. The third-order valence-electron chi connectivity index (χ3n) is 5.24. The Morgan fingerprint density at radius 1 is 0.844 bits per heavy atom. The van der Waals surface area contributed by atoms with Gasteiger partial charge in [0.15, 0.2) is 11.5 Å². The summed E-state index contributed by atoms with van der Waals surface area (Å²) in [6, 6.07) is 24.5. The van der Waals surface area contributed by atoms with E-state index in [1.807, 2.05) is 61.5 Å². The number of aryl methyl sites for hydroxylation is 1. The number of allylic oxidation sites excluding steroid dienone is 1. The van der Waals surface area contributed by atoms with Gasteiger partial charge in [0.25, 0.3) is 0 Å². The van der Waals surface area contributed by atoms with E-state index in [1.165, 1.54) is 0 Å². The van der Waals surface area contributed by atoms with Crippen LogP contribution in [0.25, 0.3) is 29.3 Å². The van der Waals surface area contributed by atoms with Gasteiger partial charge in [-0.25, -0.2) is 4.98 Å². The molecule has 0 aliphatic heterocycles. The average Bonchev–Trinajstić information content (AvgIpc) is 3.19. The molecule has 0 spiro atoms. The first kappa shape index (κ1) is 21.4. The predicted molar refractivity (Wildman–Crippen MR) is 133 cm³/mol. The van der Waals surface area contributed by atoms with Crippen LogP contribution in [0.15, 0.2) is 78.9 Å². The fraction of sp³-hybridized carbons (Fsp3) is 0.179. The summed E-state index contributed by atoms with van der Waals surface area (Å²) in [4.78, 5) is 4.83. The van der Waals surface area contributed by atoms with Gasteiger partial charge in [-0.05, 0) is 54.8 Å². The number of para-hydroxylation sites is 2. The van der Waals surface area contributed by atoms with Gasteiger partial charge >= 0.3 is 0 Å². The molecule has 1 aromatic heterocycles. The largest absolute Gasteiger partial charge is 0.493 e. The molecule has 0 aliphatic carbocycles. The van der Waals surface area contributed by atoms with Crippen molar-refractivity contribution in [3.63, 3.8) is 0 Å². The van der Waals surface area contributed by atoms with E-state index in [4.69, 9.17) is 14.5 Å². The number of rotatable bonds is 9. The number of methoxy groups -OCH3 is 1. The lowest BCUT2D eigenvalue weighted by Gasteiger charge is -2.12. The second-order valence-corrected chi connectivity index (χ2v) is 7.47. The van der Waals surface area contributed by atoms with Gasteiger partial charge in [0, 0.05) is 6.54 Å². The molecule has 4 heteroatoms. The molecule has 4 aromatic rings. The monoisotopic (exact) mass is 424 g/mol. The summed E-state index contributed by atoms with van der Waals surface area (Å²) in [5.41, 5.74) is 4.38. The van der Waals surface area contributed by atoms with E-state index in [-0.39, 0.29) is 0 Å². The lowest BCUT2D eigenvalue weighted by molar-refractivity contribution is 0.283. The highest BCUT2D eigenvalue weighted by Crippen LogP contribution is 2.29. The third kappa shape index (κ3) is 5.09. The molecule has 4 nitrogen and oxygen atoms in total. The smallest absolute Gasteiger partial charge is 0.161 e. The SMILES string of the molecule is C/C=C/c1ccc(OCCCn2c(/C=C/c3ccccc3)nc3ccccc32)c(OC)c1. The molecule has 3 aromatic carbocycles. The maximum absolute atomic E-state index is 6.04. The highest BCUT2D eigenvalue weighted by atomic mass is 16.5. The summed E-state index contributed by atoms with van der Waals surface area (Å²) in [7, 11) is 1.67. The minimum absolute atomic E-state index is 0.591. The molecule has 1 heterocycles. The number of nitrogens with zero attached hydrogens (tertiary/aromatic N) is 2. The molecule has 0 radical (unpaired) electrons. The van der Waals surface area contributed by atoms with Crippen molar-refractivity contribution in [2.24, 2.45) is 0 Å². The van der Waals surface area contributed by atoms with Crippen LogP contribution in [0.4, 0.5) is 0 Å². The van der Waals surface area contributed by atoms with Crippen molar-refractivity contribution in [1.29, 1.82) is 0 Å². The Kier molecular flexibility index (Phi) is 7.03. The molecule has 0 saturated heterocycles. The summed E-state index contributed by atoms with van der Waals surface area (Å²) in [5, 5.41) is 0. The highest BCUT2D eigenvalue weighted by Gasteiger charge is 2.09. The van der Waals surface area contributed by atoms with Gasteiger partial charge in [-0.1, -0.05) is 66.8 Å². The Morgan fingerprint density at radius 2 is 1.66 bits per heavy atom. The van der Waals surface area contributed by atoms with Gasteiger partial charge in [-0.2, -0.15) is 0 Å². The lowest BCUT2D eigenvalue weighted by Crippen LogP contribution is -2.06. The minimum atomic E-state index is 0.591. The first-order valence-electron chi connectivity index (χ1n) is 10.9. The van der Waals surface area contributed by atoms with Crippen LogP contribution < -0.4 is 9.47 Å². The zero-order chi connectivity index (χ0) is 22.2. The third-order valence-corrected chi connectivity index (χ3v) is 5.24. The number of ether oxygens (including phenoxy) is 2. The second-order valence-electron chi connectivity index (χ2n) is 7.47. The van der Waals surface area contributed by atoms with E-state index in [0.29, 0.717) is 6.61 Å². The van der Waals surface area contributed by atoms with Crippen LogP contribution in [0.2, 0.25) is 0 Å². The van der Waals surface area contributed by atoms with Gasteiger partial charge in [0.1, 0.15) is 5.82 Å². The molecule has 0 aliphatic rings. The topological polar surface area (TPSA) is 36.3 Å². The second kappa shape index (κ2) is 10.5. The quantitative estimate of drug-likeness (QED) is 0.280. The van der Waals surface area contributed by atoms with Crippen LogP contribution in [0.3, 0.4) is 0 Å². The van der Waals surface area contributed by atoms with E-state index >= 15 is 0 Å². The molecule has 4 rings (SSSR count). The van der Waals surface area contributed by atoms with Gasteiger partial charge in [0.2, 0.25) is 0 Å². The van der Waals surface area contributed by atoms with Crippen LogP contribution in [0.5, 0.6) is 11.5 Å². The van der Waals surface area contributed by atoms with Gasteiger partial charge < -0.3 is 14.0 Å². The zero-order valence-electron chi connectivity index (χ0n) is 18.6. The minimum Gasteiger partial charge on any atom is -0.493 e. The summed E-state index contributed by atoms with van der Waals surface area (Å²) in [5.74, 6) is 2.46. The maximum atomic E-state index is 6.04. The predicted octanol–water partition coefficient (Wildman–Crippen LogP) is 6.72. The molecule has 0 amide bonds. The van der Waals surface area contributed by atoms with Gasteiger partial charge in [-0.15, -0.1) is 0 Å². The number of hydrogen-bond acceptors (Lipinski definition) is 3. The molecule has 0 atom stereocenters. The standard InChI is InChI=1S/C28H28N2O2/c1-3-10-23-15-17-26(27(21-23)31-2)32-20-9-19-30-25-14-8-7-13-24(25)29-28(30)18-16-22-11-5-4-6-12-22/h3-8,10-18,21H,9,19-20H2,1-2H3/b10-3+,18-16+. The Labute approximate surface area is 189 Å². The van der Waals surface area contributed by atoms with Crippen LogP contribution in [-0.2, 0) is 6.54 Å². The van der Waals surface area contributed by atoms with Crippen LogP contribution >= 0.6 is 0 Å². The van der Waals surface area contributed by atoms with Gasteiger partial charge in [-0.3, -0.25) is 0 Å². The molecule has 0 N–H and O–H groups in total. The summed E-state index contributed by atoms with van der Waals surface area (Å²) in [6.07, 6.45) is 9.09. The van der Waals surface area contributed by atoms with Crippen molar-refractivity contribution < 1.29 is 9.47 Å². The van der Waals surface area contributed by atoms with Crippen molar-refractivity contribution in [2.45, 2.75) is 19.9 Å². The van der Waals surface area contributed by atoms with Crippen molar-refractivity contribution in [3.05, 3.63) is 95.8 Å². The molecule has 32 heavy (non-hydrogen) atoms. The van der Waals surface area contributed by atoms with Crippen molar-refractivity contribution in [2.75, 3.05) is 13.7 Å².